The smallest absolute Gasteiger partial charge is 0.0234 e. The Kier molecular flexibility index (Phi) is 4.69. The van der Waals surface area contributed by atoms with Crippen LogP contribution in [0.5, 0.6) is 0 Å². The third-order valence-corrected chi connectivity index (χ3v) is 5.32. The SMILES string of the molecule is CC1CN(Cc2ccc(CNC3CC3)cc2)CC(C)S1. The Morgan fingerprint density at radius 3 is 2.25 bits per heavy atom. The van der Waals surface area contributed by atoms with Gasteiger partial charge in [0.05, 0.1) is 0 Å². The molecule has 0 bridgehead atoms. The summed E-state index contributed by atoms with van der Waals surface area (Å²) in [5.74, 6) is 0. The number of thioether (sulfide) groups is 1. The van der Waals surface area contributed by atoms with E-state index in [4.69, 9.17) is 0 Å². The zero-order valence-electron chi connectivity index (χ0n) is 12.6. The Bertz CT molecular complexity index is 417. The van der Waals surface area contributed by atoms with Crippen molar-refractivity contribution in [2.45, 2.75) is 56.3 Å². The molecular formula is C17H26N2S. The molecule has 1 aromatic rings. The number of rotatable bonds is 5. The van der Waals surface area contributed by atoms with E-state index >= 15 is 0 Å². The van der Waals surface area contributed by atoms with Gasteiger partial charge < -0.3 is 5.32 Å². The van der Waals surface area contributed by atoms with Crippen molar-refractivity contribution in [3.05, 3.63) is 35.4 Å². The molecule has 2 unspecified atom stereocenters. The second-order valence-electron chi connectivity index (χ2n) is 6.42. The minimum absolute atomic E-state index is 0.765. The summed E-state index contributed by atoms with van der Waals surface area (Å²) in [7, 11) is 0. The molecule has 0 radical (unpaired) electrons. The summed E-state index contributed by atoms with van der Waals surface area (Å²) in [5.41, 5.74) is 2.86. The van der Waals surface area contributed by atoms with Gasteiger partial charge in [-0.25, -0.2) is 0 Å². The highest BCUT2D eigenvalue weighted by atomic mass is 32.2. The quantitative estimate of drug-likeness (QED) is 0.896. The molecule has 2 nitrogen and oxygen atoms in total. The van der Waals surface area contributed by atoms with Gasteiger partial charge in [-0.1, -0.05) is 38.1 Å². The van der Waals surface area contributed by atoms with Gasteiger partial charge in [0.2, 0.25) is 0 Å². The topological polar surface area (TPSA) is 15.3 Å². The van der Waals surface area contributed by atoms with Crippen molar-refractivity contribution >= 4 is 11.8 Å². The fourth-order valence-corrected chi connectivity index (χ4v) is 4.37. The van der Waals surface area contributed by atoms with Crippen molar-refractivity contribution in [2.24, 2.45) is 0 Å². The molecule has 0 spiro atoms. The molecule has 0 amide bonds. The Morgan fingerprint density at radius 2 is 1.65 bits per heavy atom. The zero-order chi connectivity index (χ0) is 13.9. The third-order valence-electron chi connectivity index (χ3n) is 4.10. The minimum Gasteiger partial charge on any atom is -0.310 e. The van der Waals surface area contributed by atoms with Crippen LogP contribution in [0.15, 0.2) is 24.3 Å². The van der Waals surface area contributed by atoms with Gasteiger partial charge in [-0.15, -0.1) is 0 Å². The van der Waals surface area contributed by atoms with Crippen molar-refractivity contribution in [1.29, 1.82) is 0 Å². The fourth-order valence-electron chi connectivity index (χ4n) is 2.98. The van der Waals surface area contributed by atoms with Crippen LogP contribution in [0.3, 0.4) is 0 Å². The van der Waals surface area contributed by atoms with Crippen LogP contribution in [0.2, 0.25) is 0 Å². The summed E-state index contributed by atoms with van der Waals surface area (Å²) in [4.78, 5) is 2.60. The van der Waals surface area contributed by atoms with E-state index in [0.29, 0.717) is 0 Å². The molecule has 1 saturated carbocycles. The molecule has 0 aromatic heterocycles. The Labute approximate surface area is 127 Å². The molecule has 1 heterocycles. The van der Waals surface area contributed by atoms with Gasteiger partial charge >= 0.3 is 0 Å². The molecule has 1 N–H and O–H groups in total. The van der Waals surface area contributed by atoms with Gasteiger partial charge in [0.1, 0.15) is 0 Å². The summed E-state index contributed by atoms with van der Waals surface area (Å²) >= 11 is 2.12. The number of hydrogen-bond acceptors (Lipinski definition) is 3. The maximum Gasteiger partial charge on any atom is 0.0234 e. The highest BCUT2D eigenvalue weighted by Crippen LogP contribution is 2.25. The van der Waals surface area contributed by atoms with E-state index in [0.717, 1.165) is 29.6 Å². The molecule has 2 fully saturated rings. The molecule has 2 aliphatic rings. The highest BCUT2D eigenvalue weighted by Gasteiger charge is 2.22. The highest BCUT2D eigenvalue weighted by molar-refractivity contribution is 8.00. The molecule has 3 heteroatoms. The van der Waals surface area contributed by atoms with Crippen LogP contribution in [-0.2, 0) is 13.1 Å². The summed E-state index contributed by atoms with van der Waals surface area (Å²) < 4.78 is 0. The lowest BCUT2D eigenvalue weighted by Gasteiger charge is -2.34. The van der Waals surface area contributed by atoms with E-state index in [2.05, 4.69) is 60.1 Å². The average Bonchev–Trinajstić information content (AvgIpc) is 3.21. The lowest BCUT2D eigenvalue weighted by molar-refractivity contribution is 0.263. The summed E-state index contributed by atoms with van der Waals surface area (Å²) in [6, 6.07) is 9.98. The predicted octanol–water partition coefficient (Wildman–Crippen LogP) is 3.26. The standard InChI is InChI=1S/C17H26N2S/c1-13-10-19(11-14(2)20-13)12-16-5-3-15(4-6-16)9-18-17-7-8-17/h3-6,13-14,17-18H,7-12H2,1-2H3. The van der Waals surface area contributed by atoms with Crippen LogP contribution in [0.4, 0.5) is 0 Å². The van der Waals surface area contributed by atoms with E-state index < -0.39 is 0 Å². The van der Waals surface area contributed by atoms with Crippen LogP contribution in [0.1, 0.15) is 37.8 Å². The number of hydrogen-bond donors (Lipinski definition) is 1. The van der Waals surface area contributed by atoms with Crippen LogP contribution < -0.4 is 5.32 Å². The Hall–Kier alpha value is -0.510. The van der Waals surface area contributed by atoms with E-state index in [1.54, 1.807) is 0 Å². The van der Waals surface area contributed by atoms with Gasteiger partial charge in [0.25, 0.3) is 0 Å². The molecule has 1 aromatic carbocycles. The lowest BCUT2D eigenvalue weighted by atomic mass is 10.1. The van der Waals surface area contributed by atoms with Gasteiger partial charge in [-0.05, 0) is 24.0 Å². The largest absolute Gasteiger partial charge is 0.310 e. The number of nitrogens with zero attached hydrogens (tertiary/aromatic N) is 1. The maximum atomic E-state index is 3.57. The lowest BCUT2D eigenvalue weighted by Crippen LogP contribution is -2.39. The summed E-state index contributed by atoms with van der Waals surface area (Å²) in [6.45, 7) is 9.27. The molecule has 20 heavy (non-hydrogen) atoms. The van der Waals surface area contributed by atoms with Gasteiger partial charge in [-0.3, -0.25) is 4.90 Å². The fraction of sp³-hybridized carbons (Fsp3) is 0.647. The predicted molar refractivity (Wildman–Crippen MR) is 88.1 cm³/mol. The van der Waals surface area contributed by atoms with Crippen LogP contribution in [0.25, 0.3) is 0 Å². The monoisotopic (exact) mass is 290 g/mol. The maximum absolute atomic E-state index is 3.57. The van der Waals surface area contributed by atoms with Crippen LogP contribution >= 0.6 is 11.8 Å². The third kappa shape index (κ3) is 4.24. The van der Waals surface area contributed by atoms with E-state index in [1.165, 1.54) is 37.1 Å². The zero-order valence-corrected chi connectivity index (χ0v) is 13.5. The van der Waals surface area contributed by atoms with Gasteiger partial charge in [-0.2, -0.15) is 11.8 Å². The van der Waals surface area contributed by atoms with E-state index in [1.807, 2.05) is 0 Å². The molecule has 1 aliphatic carbocycles. The van der Waals surface area contributed by atoms with Crippen molar-refractivity contribution in [1.82, 2.24) is 10.2 Å². The number of benzene rings is 1. The molecule has 3 rings (SSSR count). The first-order valence-corrected chi connectivity index (χ1v) is 8.82. The van der Waals surface area contributed by atoms with Crippen LogP contribution in [0, 0.1) is 0 Å². The first kappa shape index (κ1) is 14.4. The van der Waals surface area contributed by atoms with E-state index in [-0.39, 0.29) is 0 Å². The van der Waals surface area contributed by atoms with Crippen LogP contribution in [-0.4, -0.2) is 34.5 Å². The first-order valence-electron chi connectivity index (χ1n) is 7.88. The van der Waals surface area contributed by atoms with Gasteiger partial charge in [0, 0.05) is 42.7 Å². The molecule has 110 valence electrons. The Balaban J connectivity index is 1.51. The summed E-state index contributed by atoms with van der Waals surface area (Å²) in [5, 5.41) is 5.10. The molecule has 2 atom stereocenters. The average molecular weight is 290 g/mol. The molecule has 1 aliphatic heterocycles. The Morgan fingerprint density at radius 1 is 1.05 bits per heavy atom. The summed E-state index contributed by atoms with van der Waals surface area (Å²) in [6.07, 6.45) is 2.73. The molecule has 1 saturated heterocycles. The second-order valence-corrected chi connectivity index (χ2v) is 8.30. The van der Waals surface area contributed by atoms with Crippen molar-refractivity contribution < 1.29 is 0 Å². The normalized spacial score (nSPS) is 27.7. The van der Waals surface area contributed by atoms with Gasteiger partial charge in [0.15, 0.2) is 0 Å². The minimum atomic E-state index is 0.765. The van der Waals surface area contributed by atoms with Crippen molar-refractivity contribution in [2.75, 3.05) is 13.1 Å². The molecular weight excluding hydrogens is 264 g/mol. The van der Waals surface area contributed by atoms with E-state index in [9.17, 15) is 0 Å². The van der Waals surface area contributed by atoms with Crippen molar-refractivity contribution in [3.63, 3.8) is 0 Å². The first-order chi connectivity index (χ1) is 9.69. The number of nitrogens with one attached hydrogen (secondary N) is 1. The van der Waals surface area contributed by atoms with Crippen molar-refractivity contribution in [3.8, 4) is 0 Å². The second kappa shape index (κ2) is 6.50.